The molecule has 0 saturated carbocycles. The van der Waals surface area contributed by atoms with E-state index in [1.807, 2.05) is 0 Å². The molecule has 0 aliphatic carbocycles. The molecule has 0 bridgehead atoms. The van der Waals surface area contributed by atoms with Crippen molar-refractivity contribution in [1.29, 1.82) is 0 Å². The molecule has 2 aromatic carbocycles. The second kappa shape index (κ2) is 6.78. The quantitative estimate of drug-likeness (QED) is 0.895. The van der Waals surface area contributed by atoms with E-state index in [-0.39, 0.29) is 10.9 Å². The summed E-state index contributed by atoms with van der Waals surface area (Å²) in [7, 11) is 0. The monoisotopic (exact) mass is 327 g/mol. The third kappa shape index (κ3) is 4.34. The molecule has 6 heteroatoms. The highest BCUT2D eigenvalue weighted by Crippen LogP contribution is 2.22. The van der Waals surface area contributed by atoms with Crippen molar-refractivity contribution in [3.63, 3.8) is 0 Å². The summed E-state index contributed by atoms with van der Waals surface area (Å²) in [5.41, 5.74) is 0.570. The highest BCUT2D eigenvalue weighted by Gasteiger charge is 2.15. The molecule has 0 saturated heterocycles. The number of anilines is 1. The Hall–Kier alpha value is -1.78. The van der Waals surface area contributed by atoms with Crippen molar-refractivity contribution in [3.05, 3.63) is 58.3 Å². The molecule has 1 atom stereocenters. The van der Waals surface area contributed by atoms with E-state index in [9.17, 15) is 9.18 Å². The molecule has 1 amide bonds. The maximum absolute atomic E-state index is 13.0. The van der Waals surface area contributed by atoms with E-state index in [1.165, 1.54) is 18.2 Å². The highest BCUT2D eigenvalue weighted by atomic mass is 35.5. The summed E-state index contributed by atoms with van der Waals surface area (Å²) in [5.74, 6) is -0.576. The van der Waals surface area contributed by atoms with E-state index in [0.29, 0.717) is 16.5 Å². The van der Waals surface area contributed by atoms with E-state index in [0.717, 1.165) is 0 Å². The lowest BCUT2D eigenvalue weighted by Gasteiger charge is -2.15. The van der Waals surface area contributed by atoms with Crippen molar-refractivity contribution in [2.45, 2.75) is 13.0 Å². The van der Waals surface area contributed by atoms with E-state index in [2.05, 4.69) is 5.32 Å². The second-order valence-electron chi connectivity index (χ2n) is 4.34. The van der Waals surface area contributed by atoms with Gasteiger partial charge in [0.05, 0.1) is 5.02 Å². The minimum absolute atomic E-state index is 0.0602. The summed E-state index contributed by atoms with van der Waals surface area (Å²) in [6, 6.07) is 10.7. The number of halogens is 3. The maximum atomic E-state index is 13.0. The predicted octanol–water partition coefficient (Wildman–Crippen LogP) is 4.54. The van der Waals surface area contributed by atoms with Crippen molar-refractivity contribution in [2.24, 2.45) is 0 Å². The van der Waals surface area contributed by atoms with Crippen LogP contribution in [-0.2, 0) is 4.79 Å². The van der Waals surface area contributed by atoms with Gasteiger partial charge in [-0.3, -0.25) is 4.79 Å². The van der Waals surface area contributed by atoms with Gasteiger partial charge in [-0.2, -0.15) is 0 Å². The molecule has 1 N–H and O–H groups in total. The molecule has 21 heavy (non-hydrogen) atoms. The van der Waals surface area contributed by atoms with E-state index >= 15 is 0 Å². The topological polar surface area (TPSA) is 38.3 Å². The molecule has 0 aliphatic heterocycles. The average molecular weight is 328 g/mol. The van der Waals surface area contributed by atoms with Gasteiger partial charge in [-0.25, -0.2) is 4.39 Å². The van der Waals surface area contributed by atoms with Gasteiger partial charge in [-0.15, -0.1) is 0 Å². The third-order valence-electron chi connectivity index (χ3n) is 2.67. The van der Waals surface area contributed by atoms with Gasteiger partial charge in [0, 0.05) is 16.8 Å². The number of carbonyl (C=O) groups is 1. The van der Waals surface area contributed by atoms with Crippen molar-refractivity contribution < 1.29 is 13.9 Å². The lowest BCUT2D eigenvalue weighted by atomic mass is 10.3. The maximum Gasteiger partial charge on any atom is 0.265 e. The molecule has 110 valence electrons. The van der Waals surface area contributed by atoms with Crippen LogP contribution in [-0.4, -0.2) is 12.0 Å². The Balaban J connectivity index is 2.00. The zero-order chi connectivity index (χ0) is 15.4. The van der Waals surface area contributed by atoms with E-state index < -0.39 is 11.9 Å². The fraction of sp³-hybridized carbons (Fsp3) is 0.133. The Morgan fingerprint density at radius 1 is 1.24 bits per heavy atom. The van der Waals surface area contributed by atoms with Crippen LogP contribution in [0, 0.1) is 5.82 Å². The molecule has 0 spiro atoms. The molecule has 0 radical (unpaired) electrons. The SMILES string of the molecule is C[C@@H](Oc1ccc(F)c(Cl)c1)C(=O)Nc1cccc(Cl)c1. The number of hydrogen-bond donors (Lipinski definition) is 1. The number of amides is 1. The average Bonchev–Trinajstić information content (AvgIpc) is 2.43. The van der Waals surface area contributed by atoms with Gasteiger partial charge >= 0.3 is 0 Å². The summed E-state index contributed by atoms with van der Waals surface area (Å²) in [4.78, 5) is 12.0. The summed E-state index contributed by atoms with van der Waals surface area (Å²) in [6.45, 7) is 1.58. The summed E-state index contributed by atoms with van der Waals surface area (Å²) < 4.78 is 18.5. The van der Waals surface area contributed by atoms with Gasteiger partial charge in [-0.1, -0.05) is 29.3 Å². The minimum Gasteiger partial charge on any atom is -0.481 e. The predicted molar refractivity (Wildman–Crippen MR) is 81.6 cm³/mol. The van der Waals surface area contributed by atoms with Gasteiger partial charge in [0.25, 0.3) is 5.91 Å². The van der Waals surface area contributed by atoms with Crippen LogP contribution in [0.5, 0.6) is 5.75 Å². The summed E-state index contributed by atoms with van der Waals surface area (Å²) >= 11 is 11.5. The van der Waals surface area contributed by atoms with Crippen LogP contribution in [0.3, 0.4) is 0 Å². The van der Waals surface area contributed by atoms with Crippen LogP contribution in [0.4, 0.5) is 10.1 Å². The minimum atomic E-state index is -0.773. The molecule has 2 rings (SSSR count). The van der Waals surface area contributed by atoms with Gasteiger partial charge in [-0.05, 0) is 37.3 Å². The standard InChI is InChI=1S/C15H12Cl2FNO2/c1-9(21-12-5-6-14(18)13(17)8-12)15(20)19-11-4-2-3-10(16)7-11/h2-9H,1H3,(H,19,20)/t9-/m1/s1. The van der Waals surface area contributed by atoms with Crippen LogP contribution in [0.25, 0.3) is 0 Å². The largest absolute Gasteiger partial charge is 0.481 e. The van der Waals surface area contributed by atoms with Crippen molar-refractivity contribution in [2.75, 3.05) is 5.32 Å². The lowest BCUT2D eigenvalue weighted by Crippen LogP contribution is -2.30. The van der Waals surface area contributed by atoms with Gasteiger partial charge in [0.15, 0.2) is 6.10 Å². The first kappa shape index (κ1) is 15.6. The van der Waals surface area contributed by atoms with Crippen LogP contribution in [0.1, 0.15) is 6.92 Å². The molecule has 0 aromatic heterocycles. The number of benzene rings is 2. The number of hydrogen-bond acceptors (Lipinski definition) is 2. The molecule has 0 heterocycles. The number of nitrogens with one attached hydrogen (secondary N) is 1. The number of rotatable bonds is 4. The van der Waals surface area contributed by atoms with Crippen LogP contribution in [0.2, 0.25) is 10.0 Å². The zero-order valence-corrected chi connectivity index (χ0v) is 12.6. The first-order chi connectivity index (χ1) is 9.95. The lowest BCUT2D eigenvalue weighted by molar-refractivity contribution is -0.122. The fourth-order valence-electron chi connectivity index (χ4n) is 1.62. The van der Waals surface area contributed by atoms with Gasteiger partial charge in [0.2, 0.25) is 0 Å². The number of ether oxygens (including phenoxy) is 1. The van der Waals surface area contributed by atoms with Gasteiger partial charge < -0.3 is 10.1 Å². The van der Waals surface area contributed by atoms with E-state index in [4.69, 9.17) is 27.9 Å². The normalized spacial score (nSPS) is 11.8. The Morgan fingerprint density at radius 2 is 2.00 bits per heavy atom. The van der Waals surface area contributed by atoms with Crippen molar-refractivity contribution in [3.8, 4) is 5.75 Å². The molecular formula is C15H12Cl2FNO2. The first-order valence-corrected chi connectivity index (χ1v) is 6.89. The Labute approximate surface area is 131 Å². The molecule has 0 fully saturated rings. The van der Waals surface area contributed by atoms with Crippen LogP contribution >= 0.6 is 23.2 Å². The molecule has 0 unspecified atom stereocenters. The van der Waals surface area contributed by atoms with Crippen LogP contribution in [0.15, 0.2) is 42.5 Å². The number of carbonyl (C=O) groups excluding carboxylic acids is 1. The molecule has 2 aromatic rings. The van der Waals surface area contributed by atoms with Crippen LogP contribution < -0.4 is 10.1 Å². The third-order valence-corrected chi connectivity index (χ3v) is 3.19. The molecule has 0 aliphatic rings. The zero-order valence-electron chi connectivity index (χ0n) is 11.1. The highest BCUT2D eigenvalue weighted by molar-refractivity contribution is 6.31. The summed E-state index contributed by atoms with van der Waals surface area (Å²) in [5, 5.41) is 3.13. The van der Waals surface area contributed by atoms with Crippen molar-refractivity contribution in [1.82, 2.24) is 0 Å². The van der Waals surface area contributed by atoms with Gasteiger partial charge in [0.1, 0.15) is 11.6 Å². The summed E-state index contributed by atoms with van der Waals surface area (Å²) in [6.07, 6.45) is -0.773. The Morgan fingerprint density at radius 3 is 2.67 bits per heavy atom. The molecule has 3 nitrogen and oxygen atoms in total. The van der Waals surface area contributed by atoms with Crippen molar-refractivity contribution >= 4 is 34.8 Å². The second-order valence-corrected chi connectivity index (χ2v) is 5.18. The first-order valence-electron chi connectivity index (χ1n) is 6.14. The Bertz CT molecular complexity index is 664. The van der Waals surface area contributed by atoms with E-state index in [1.54, 1.807) is 31.2 Å². The smallest absolute Gasteiger partial charge is 0.265 e. The fourth-order valence-corrected chi connectivity index (χ4v) is 1.98. The Kier molecular flexibility index (Phi) is 5.04. The molecular weight excluding hydrogens is 316 g/mol.